The van der Waals surface area contributed by atoms with E-state index < -0.39 is 5.97 Å². The van der Waals surface area contributed by atoms with Crippen LogP contribution >= 0.6 is 0 Å². The normalized spacial score (nSPS) is 11.3. The maximum Gasteiger partial charge on any atom is 0.328 e. The quantitative estimate of drug-likeness (QED) is 0.530. The molecule has 0 radical (unpaired) electrons. The van der Waals surface area contributed by atoms with Gasteiger partial charge in [-0.2, -0.15) is 5.10 Å². The number of carboxylic acids is 1. The predicted octanol–water partition coefficient (Wildman–Crippen LogP) is 4.08. The number of hydrogen-bond acceptors (Lipinski definition) is 3. The molecule has 0 aliphatic heterocycles. The molecule has 2 N–H and O–H groups in total. The van der Waals surface area contributed by atoms with Crippen molar-refractivity contribution in [2.75, 3.05) is 5.32 Å². The van der Waals surface area contributed by atoms with Crippen molar-refractivity contribution in [1.29, 1.82) is 0 Å². The third kappa shape index (κ3) is 3.23. The van der Waals surface area contributed by atoms with Gasteiger partial charge in [-0.1, -0.05) is 42.5 Å². The first kappa shape index (κ1) is 17.5. The minimum absolute atomic E-state index is 0.275. The van der Waals surface area contributed by atoms with Gasteiger partial charge in [-0.05, 0) is 40.6 Å². The number of benzene rings is 3. The highest BCUT2D eigenvalue weighted by atomic mass is 16.4. The number of amides is 1. The first-order valence-corrected chi connectivity index (χ1v) is 8.70. The van der Waals surface area contributed by atoms with Gasteiger partial charge in [0, 0.05) is 18.7 Å². The van der Waals surface area contributed by atoms with Gasteiger partial charge in [0.2, 0.25) is 0 Å². The molecule has 28 heavy (non-hydrogen) atoms. The molecular formula is C22H17N3O3. The van der Waals surface area contributed by atoms with E-state index >= 15 is 0 Å². The zero-order valence-electron chi connectivity index (χ0n) is 15.1. The van der Waals surface area contributed by atoms with Gasteiger partial charge in [-0.15, -0.1) is 0 Å². The van der Waals surface area contributed by atoms with E-state index in [1.54, 1.807) is 23.9 Å². The number of aromatic nitrogens is 2. The highest BCUT2D eigenvalue weighted by molar-refractivity contribution is 6.11. The van der Waals surface area contributed by atoms with Crippen molar-refractivity contribution in [3.63, 3.8) is 0 Å². The maximum atomic E-state index is 12.8. The summed E-state index contributed by atoms with van der Waals surface area (Å²) in [4.78, 5) is 23.7. The number of nitrogens with one attached hydrogen (secondary N) is 1. The Morgan fingerprint density at radius 2 is 1.82 bits per heavy atom. The minimum Gasteiger partial charge on any atom is -0.478 e. The van der Waals surface area contributed by atoms with Crippen molar-refractivity contribution in [2.45, 2.75) is 0 Å². The predicted molar refractivity (Wildman–Crippen MR) is 109 cm³/mol. The molecule has 0 aliphatic carbocycles. The fourth-order valence-electron chi connectivity index (χ4n) is 3.24. The van der Waals surface area contributed by atoms with E-state index in [2.05, 4.69) is 10.4 Å². The van der Waals surface area contributed by atoms with Crippen LogP contribution in [0.2, 0.25) is 0 Å². The zero-order chi connectivity index (χ0) is 19.7. The zero-order valence-corrected chi connectivity index (χ0v) is 15.1. The van der Waals surface area contributed by atoms with E-state index in [0.29, 0.717) is 22.3 Å². The molecule has 0 aliphatic rings. The van der Waals surface area contributed by atoms with Crippen molar-refractivity contribution in [3.05, 3.63) is 77.9 Å². The second kappa shape index (κ2) is 7.00. The number of aliphatic carboxylic acids is 1. The van der Waals surface area contributed by atoms with Crippen molar-refractivity contribution < 1.29 is 14.7 Å². The number of rotatable bonds is 4. The number of fused-ring (bicyclic) bond motifs is 2. The van der Waals surface area contributed by atoms with Crippen LogP contribution in [0.5, 0.6) is 0 Å². The fraction of sp³-hybridized carbons (Fsp3) is 0.0455. The Morgan fingerprint density at radius 1 is 1.04 bits per heavy atom. The van der Waals surface area contributed by atoms with Gasteiger partial charge in [0.1, 0.15) is 0 Å². The Morgan fingerprint density at radius 3 is 2.61 bits per heavy atom. The summed E-state index contributed by atoms with van der Waals surface area (Å²) in [6, 6.07) is 18.8. The summed E-state index contributed by atoms with van der Waals surface area (Å²) in [5.41, 5.74) is 1.99. The molecule has 1 amide bonds. The monoisotopic (exact) mass is 371 g/mol. The molecule has 0 atom stereocenters. The Kier molecular flexibility index (Phi) is 4.37. The lowest BCUT2D eigenvalue weighted by atomic mass is 10.1. The molecule has 0 fully saturated rings. The number of nitrogens with zero attached hydrogens (tertiary/aromatic N) is 2. The summed E-state index contributed by atoms with van der Waals surface area (Å²) in [7, 11) is 1.78. The van der Waals surface area contributed by atoms with Gasteiger partial charge in [0.25, 0.3) is 5.91 Å². The number of carboxylic acid groups (broad SMARTS) is 1. The largest absolute Gasteiger partial charge is 0.478 e. The number of carbonyl (C=O) groups is 2. The maximum absolute atomic E-state index is 12.8. The van der Waals surface area contributed by atoms with Gasteiger partial charge < -0.3 is 10.4 Å². The van der Waals surface area contributed by atoms with Gasteiger partial charge in [-0.25, -0.2) is 4.79 Å². The summed E-state index contributed by atoms with van der Waals surface area (Å²) in [5.74, 6) is -0.924. The molecule has 1 heterocycles. The van der Waals surface area contributed by atoms with Gasteiger partial charge in [-0.3, -0.25) is 9.48 Å². The first-order valence-electron chi connectivity index (χ1n) is 8.70. The van der Waals surface area contributed by atoms with Crippen LogP contribution in [0.25, 0.3) is 27.8 Å². The van der Waals surface area contributed by atoms with Crippen molar-refractivity contribution >= 4 is 45.4 Å². The third-order valence-corrected chi connectivity index (χ3v) is 4.56. The van der Waals surface area contributed by atoms with E-state index in [9.17, 15) is 9.59 Å². The number of aryl methyl sites for hydroxylation is 1. The second-order valence-electron chi connectivity index (χ2n) is 6.40. The van der Waals surface area contributed by atoms with E-state index in [1.807, 2.05) is 48.5 Å². The Balaban J connectivity index is 1.74. The molecular weight excluding hydrogens is 354 g/mol. The molecule has 1 aromatic heterocycles. The standard InChI is InChI=1S/C22H17N3O3/c1-25-18-8-4-7-15(11-12-19(26)27)20(18)21(24-25)23-22(28)17-10-9-14-5-2-3-6-16(14)13-17/h2-13H,1H3,(H,26,27)(H,23,24,28)/b12-11+. The van der Waals surface area contributed by atoms with Crippen LogP contribution in [0, 0.1) is 0 Å². The molecule has 0 spiro atoms. The molecule has 0 saturated heterocycles. The summed E-state index contributed by atoms with van der Waals surface area (Å²) >= 11 is 0. The van der Waals surface area contributed by atoms with Crippen LogP contribution in [0.3, 0.4) is 0 Å². The van der Waals surface area contributed by atoms with Crippen LogP contribution in [0.1, 0.15) is 15.9 Å². The highest BCUT2D eigenvalue weighted by Crippen LogP contribution is 2.28. The lowest BCUT2D eigenvalue weighted by Crippen LogP contribution is -2.12. The first-order chi connectivity index (χ1) is 13.5. The minimum atomic E-state index is -1.04. The molecule has 138 valence electrons. The van der Waals surface area contributed by atoms with E-state index in [-0.39, 0.29) is 5.91 Å². The van der Waals surface area contributed by atoms with E-state index in [4.69, 9.17) is 5.11 Å². The Hall–Kier alpha value is -3.93. The fourth-order valence-corrected chi connectivity index (χ4v) is 3.24. The van der Waals surface area contributed by atoms with Crippen LogP contribution in [0.4, 0.5) is 5.82 Å². The smallest absolute Gasteiger partial charge is 0.328 e. The molecule has 4 aromatic rings. The van der Waals surface area contributed by atoms with Crippen LogP contribution in [-0.4, -0.2) is 26.8 Å². The van der Waals surface area contributed by atoms with Crippen molar-refractivity contribution in [2.24, 2.45) is 7.05 Å². The second-order valence-corrected chi connectivity index (χ2v) is 6.40. The molecule has 6 heteroatoms. The van der Waals surface area contributed by atoms with E-state index in [0.717, 1.165) is 22.4 Å². The number of hydrogen-bond donors (Lipinski definition) is 2. The van der Waals surface area contributed by atoms with Crippen LogP contribution < -0.4 is 5.32 Å². The van der Waals surface area contributed by atoms with Crippen molar-refractivity contribution in [3.8, 4) is 0 Å². The molecule has 0 saturated carbocycles. The van der Waals surface area contributed by atoms with Gasteiger partial charge in [0.05, 0.1) is 10.9 Å². The molecule has 6 nitrogen and oxygen atoms in total. The molecule has 0 unspecified atom stereocenters. The average Bonchev–Trinajstić information content (AvgIpc) is 3.02. The summed E-state index contributed by atoms with van der Waals surface area (Å²) in [6.45, 7) is 0. The molecule has 4 rings (SSSR count). The summed E-state index contributed by atoms with van der Waals surface area (Å²) in [6.07, 6.45) is 2.56. The highest BCUT2D eigenvalue weighted by Gasteiger charge is 2.15. The van der Waals surface area contributed by atoms with E-state index in [1.165, 1.54) is 6.08 Å². The van der Waals surface area contributed by atoms with Crippen LogP contribution in [-0.2, 0) is 11.8 Å². The van der Waals surface area contributed by atoms with Gasteiger partial charge >= 0.3 is 5.97 Å². The average molecular weight is 371 g/mol. The van der Waals surface area contributed by atoms with Gasteiger partial charge in [0.15, 0.2) is 5.82 Å². The summed E-state index contributed by atoms with van der Waals surface area (Å²) < 4.78 is 1.66. The lowest BCUT2D eigenvalue weighted by Gasteiger charge is -2.06. The Bertz CT molecular complexity index is 1250. The molecule has 0 bridgehead atoms. The Labute approximate surface area is 160 Å². The SMILES string of the molecule is Cn1nc(NC(=O)c2ccc3ccccc3c2)c2c(/C=C/C(=O)O)cccc21. The van der Waals surface area contributed by atoms with Crippen molar-refractivity contribution in [1.82, 2.24) is 9.78 Å². The summed E-state index contributed by atoms with van der Waals surface area (Å²) in [5, 5.41) is 18.9. The topological polar surface area (TPSA) is 84.2 Å². The number of anilines is 1. The number of carbonyl (C=O) groups excluding carboxylic acids is 1. The van der Waals surface area contributed by atoms with Crippen LogP contribution in [0.15, 0.2) is 66.7 Å². The molecule has 3 aromatic carbocycles. The third-order valence-electron chi connectivity index (χ3n) is 4.56. The lowest BCUT2D eigenvalue weighted by molar-refractivity contribution is -0.131.